The van der Waals surface area contributed by atoms with Crippen LogP contribution in [0.1, 0.15) is 57.2 Å². The third-order valence-corrected chi connectivity index (χ3v) is 5.92. The van der Waals surface area contributed by atoms with Crippen LogP contribution in [-0.4, -0.2) is 56.1 Å². The van der Waals surface area contributed by atoms with Gasteiger partial charge in [0.05, 0.1) is 24.9 Å². The predicted molar refractivity (Wildman–Crippen MR) is 105 cm³/mol. The average molecular weight is 393 g/mol. The number of piperidine rings is 1. The molecular formula is C22H32FNO4. The van der Waals surface area contributed by atoms with Crippen molar-refractivity contribution in [3.05, 3.63) is 23.0 Å². The lowest BCUT2D eigenvalue weighted by Crippen LogP contribution is -2.47. The number of hydrogen-bond acceptors (Lipinski definition) is 5. The van der Waals surface area contributed by atoms with E-state index in [1.54, 1.807) is 7.11 Å². The molecule has 3 heterocycles. The van der Waals surface area contributed by atoms with Crippen molar-refractivity contribution in [3.8, 4) is 11.5 Å². The van der Waals surface area contributed by atoms with Crippen molar-refractivity contribution < 1.29 is 23.3 Å². The fraction of sp³-hybridized carbons (Fsp3) is 0.727. The van der Waals surface area contributed by atoms with E-state index in [4.69, 9.17) is 18.9 Å². The van der Waals surface area contributed by atoms with Gasteiger partial charge in [-0.2, -0.15) is 0 Å². The summed E-state index contributed by atoms with van der Waals surface area (Å²) in [6, 6.07) is 2.20. The second kappa shape index (κ2) is 7.81. The summed E-state index contributed by atoms with van der Waals surface area (Å²) in [5.74, 6) is 0.446. The van der Waals surface area contributed by atoms with Crippen LogP contribution in [-0.2, 0) is 15.9 Å². The molecule has 3 aliphatic rings. The van der Waals surface area contributed by atoms with Gasteiger partial charge >= 0.3 is 0 Å². The Kier molecular flexibility index (Phi) is 5.55. The maximum Gasteiger partial charge on any atom is 0.197 e. The molecule has 1 aromatic rings. The van der Waals surface area contributed by atoms with Crippen LogP contribution in [0.2, 0.25) is 0 Å². The minimum atomic E-state index is -0.263. The van der Waals surface area contributed by atoms with Gasteiger partial charge in [-0.3, -0.25) is 4.90 Å². The van der Waals surface area contributed by atoms with E-state index in [1.165, 1.54) is 0 Å². The van der Waals surface area contributed by atoms with Gasteiger partial charge in [0.25, 0.3) is 0 Å². The fourth-order valence-electron chi connectivity index (χ4n) is 4.55. The van der Waals surface area contributed by atoms with E-state index < -0.39 is 0 Å². The van der Waals surface area contributed by atoms with E-state index in [9.17, 15) is 0 Å². The number of benzene rings is 1. The summed E-state index contributed by atoms with van der Waals surface area (Å²) in [6.07, 6.45) is 3.89. The number of hydrogen-bond donors (Lipinski definition) is 0. The average Bonchev–Trinajstić information content (AvgIpc) is 2.60. The van der Waals surface area contributed by atoms with Crippen LogP contribution in [0.15, 0.2) is 6.07 Å². The smallest absolute Gasteiger partial charge is 0.197 e. The lowest BCUT2D eigenvalue weighted by Gasteiger charge is -2.45. The van der Waals surface area contributed by atoms with E-state index in [1.807, 2.05) is 6.07 Å². The molecule has 156 valence electrons. The van der Waals surface area contributed by atoms with Crippen molar-refractivity contribution in [2.75, 3.05) is 33.4 Å². The third kappa shape index (κ3) is 4.00. The molecule has 3 unspecified atom stereocenters. The van der Waals surface area contributed by atoms with Crippen molar-refractivity contribution in [2.24, 2.45) is 0 Å². The molecule has 0 radical (unpaired) electrons. The highest BCUT2D eigenvalue weighted by atomic mass is 19.1. The molecule has 2 fully saturated rings. The summed E-state index contributed by atoms with van der Waals surface area (Å²) >= 11 is 0. The molecule has 6 heteroatoms. The molecule has 0 spiro atoms. The van der Waals surface area contributed by atoms with Crippen LogP contribution < -0.4 is 9.47 Å². The summed E-state index contributed by atoms with van der Waals surface area (Å²) in [7, 11) is 1.57. The Morgan fingerprint density at radius 1 is 1.25 bits per heavy atom. The van der Waals surface area contributed by atoms with Gasteiger partial charge in [0.2, 0.25) is 0 Å². The Labute approximate surface area is 167 Å². The molecule has 5 nitrogen and oxygen atoms in total. The van der Waals surface area contributed by atoms with Crippen LogP contribution >= 0.6 is 0 Å². The highest BCUT2D eigenvalue weighted by Crippen LogP contribution is 2.44. The Morgan fingerprint density at radius 3 is 2.68 bits per heavy atom. The van der Waals surface area contributed by atoms with Gasteiger partial charge in [0.15, 0.2) is 17.3 Å². The Morgan fingerprint density at radius 2 is 2.04 bits per heavy atom. The summed E-state index contributed by atoms with van der Waals surface area (Å²) < 4.78 is 38.2. The molecule has 0 aliphatic carbocycles. The SMILES string of the molecule is COc1cc2c(c(F)c1OCC1CCO1)CCN1CC(OC(C)(C)C)CCC21. The van der Waals surface area contributed by atoms with Gasteiger partial charge in [-0.1, -0.05) is 0 Å². The number of rotatable bonds is 5. The van der Waals surface area contributed by atoms with Crippen LogP contribution in [0.25, 0.3) is 0 Å². The first-order valence-electron chi connectivity index (χ1n) is 10.4. The van der Waals surface area contributed by atoms with E-state index in [0.717, 1.165) is 50.1 Å². The van der Waals surface area contributed by atoms with E-state index in [0.29, 0.717) is 18.8 Å². The van der Waals surface area contributed by atoms with Crippen LogP contribution in [0, 0.1) is 5.82 Å². The first-order chi connectivity index (χ1) is 13.4. The molecule has 0 bridgehead atoms. The maximum absolute atomic E-state index is 15.3. The van der Waals surface area contributed by atoms with Gasteiger partial charge < -0.3 is 18.9 Å². The Balaban J connectivity index is 1.54. The van der Waals surface area contributed by atoms with E-state index in [-0.39, 0.29) is 35.4 Å². The molecule has 0 aromatic heterocycles. The largest absolute Gasteiger partial charge is 0.493 e. The molecule has 4 rings (SSSR count). The van der Waals surface area contributed by atoms with Crippen LogP contribution in [0.3, 0.4) is 0 Å². The molecule has 2 saturated heterocycles. The van der Waals surface area contributed by atoms with E-state index in [2.05, 4.69) is 25.7 Å². The predicted octanol–water partition coefficient (Wildman–Crippen LogP) is 3.88. The van der Waals surface area contributed by atoms with Crippen molar-refractivity contribution in [1.29, 1.82) is 0 Å². The van der Waals surface area contributed by atoms with Gasteiger partial charge in [0, 0.05) is 32.2 Å². The molecular weight excluding hydrogens is 361 g/mol. The van der Waals surface area contributed by atoms with Gasteiger partial charge in [0.1, 0.15) is 6.61 Å². The number of methoxy groups -OCH3 is 1. The lowest BCUT2D eigenvalue weighted by atomic mass is 9.85. The number of ether oxygens (including phenoxy) is 4. The van der Waals surface area contributed by atoms with Gasteiger partial charge in [-0.05, 0) is 57.2 Å². The maximum atomic E-state index is 15.3. The topological polar surface area (TPSA) is 40.2 Å². The quantitative estimate of drug-likeness (QED) is 0.759. The molecule has 3 atom stereocenters. The first-order valence-corrected chi connectivity index (χ1v) is 10.4. The minimum absolute atomic E-state index is 0.0636. The summed E-state index contributed by atoms with van der Waals surface area (Å²) in [5.41, 5.74) is 1.68. The molecule has 1 aromatic carbocycles. The monoisotopic (exact) mass is 393 g/mol. The molecule has 0 amide bonds. The Hall–Kier alpha value is -1.37. The van der Waals surface area contributed by atoms with Gasteiger partial charge in [-0.15, -0.1) is 0 Å². The van der Waals surface area contributed by atoms with E-state index >= 15 is 4.39 Å². The second-order valence-corrected chi connectivity index (χ2v) is 9.07. The van der Waals surface area contributed by atoms with Crippen molar-refractivity contribution in [2.45, 2.75) is 70.3 Å². The highest BCUT2D eigenvalue weighted by molar-refractivity contribution is 5.51. The van der Waals surface area contributed by atoms with Crippen LogP contribution in [0.5, 0.6) is 11.5 Å². The number of halogens is 1. The molecule has 28 heavy (non-hydrogen) atoms. The normalized spacial score (nSPS) is 27.5. The van der Waals surface area contributed by atoms with Crippen molar-refractivity contribution in [1.82, 2.24) is 4.90 Å². The molecule has 3 aliphatic heterocycles. The number of fused-ring (bicyclic) bond motifs is 3. The number of nitrogens with zero attached hydrogens (tertiary/aromatic N) is 1. The lowest BCUT2D eigenvalue weighted by molar-refractivity contribution is -0.0972. The Bertz CT molecular complexity index is 713. The molecule has 0 saturated carbocycles. The zero-order chi connectivity index (χ0) is 19.9. The summed E-state index contributed by atoms with van der Waals surface area (Å²) in [5, 5.41) is 0. The van der Waals surface area contributed by atoms with Gasteiger partial charge in [-0.25, -0.2) is 4.39 Å². The van der Waals surface area contributed by atoms with Crippen molar-refractivity contribution >= 4 is 0 Å². The highest BCUT2D eigenvalue weighted by Gasteiger charge is 2.37. The standard InChI is InChI=1S/C22H32FNO4/c1-22(2,3)28-14-5-6-18-17-11-19(25-4)21(27-13-15-8-10-26-15)20(23)16(17)7-9-24(18)12-14/h11,14-15,18H,5-10,12-13H2,1-4H3. The zero-order valence-corrected chi connectivity index (χ0v) is 17.4. The second-order valence-electron chi connectivity index (χ2n) is 9.07. The third-order valence-electron chi connectivity index (χ3n) is 5.92. The summed E-state index contributed by atoms with van der Waals surface area (Å²) in [4.78, 5) is 2.43. The zero-order valence-electron chi connectivity index (χ0n) is 17.4. The minimum Gasteiger partial charge on any atom is -0.493 e. The van der Waals surface area contributed by atoms with Crippen LogP contribution in [0.4, 0.5) is 4.39 Å². The molecule has 0 N–H and O–H groups in total. The van der Waals surface area contributed by atoms with Crippen molar-refractivity contribution in [3.63, 3.8) is 0 Å². The summed E-state index contributed by atoms with van der Waals surface area (Å²) in [6.45, 7) is 9.16. The first kappa shape index (κ1) is 19.9. The fourth-order valence-corrected chi connectivity index (χ4v) is 4.55.